The van der Waals surface area contributed by atoms with E-state index in [9.17, 15) is 9.59 Å². The van der Waals surface area contributed by atoms with Gasteiger partial charge < -0.3 is 10.3 Å². The van der Waals surface area contributed by atoms with Crippen molar-refractivity contribution in [2.75, 3.05) is 0 Å². The Hall–Kier alpha value is -1.91. The van der Waals surface area contributed by atoms with E-state index in [0.29, 0.717) is 24.2 Å². The summed E-state index contributed by atoms with van der Waals surface area (Å²) in [6, 6.07) is 0. The smallest absolute Gasteiger partial charge is 0.246 e. The molecule has 1 aromatic heterocycles. The fraction of sp³-hybridized carbons (Fsp3) is 0.462. The van der Waals surface area contributed by atoms with Crippen LogP contribution in [0.15, 0.2) is 24.5 Å². The molecule has 0 saturated heterocycles. The lowest BCUT2D eigenvalue weighted by Gasteiger charge is -2.26. The molecule has 0 unspecified atom stereocenters. The van der Waals surface area contributed by atoms with Crippen molar-refractivity contribution >= 4 is 11.7 Å². The lowest BCUT2D eigenvalue weighted by atomic mass is 9.96. The van der Waals surface area contributed by atoms with Crippen LogP contribution in [0.2, 0.25) is 0 Å². The molecule has 0 aromatic carbocycles. The van der Waals surface area contributed by atoms with Crippen molar-refractivity contribution in [1.29, 1.82) is 0 Å². The van der Waals surface area contributed by atoms with E-state index < -0.39 is 5.54 Å². The van der Waals surface area contributed by atoms with Gasteiger partial charge in [0.2, 0.25) is 5.91 Å². The monoisotopic (exact) mass is 249 g/mol. The number of carbonyl (C=O) groups is 2. The van der Waals surface area contributed by atoms with Crippen molar-refractivity contribution in [3.63, 3.8) is 0 Å². The SMILES string of the molecule is C=C(C)C(=O)NC(C)(C)CCC(=O)c1ncc[nH]1. The van der Waals surface area contributed by atoms with Gasteiger partial charge in [-0.1, -0.05) is 6.58 Å². The highest BCUT2D eigenvalue weighted by atomic mass is 16.2. The number of nitrogens with zero attached hydrogens (tertiary/aromatic N) is 1. The van der Waals surface area contributed by atoms with E-state index >= 15 is 0 Å². The maximum atomic E-state index is 11.7. The van der Waals surface area contributed by atoms with Gasteiger partial charge in [-0.15, -0.1) is 0 Å². The van der Waals surface area contributed by atoms with Crippen molar-refractivity contribution in [2.24, 2.45) is 0 Å². The molecule has 1 rings (SSSR count). The van der Waals surface area contributed by atoms with Crippen LogP contribution < -0.4 is 5.32 Å². The van der Waals surface area contributed by atoms with E-state index in [1.807, 2.05) is 13.8 Å². The number of rotatable bonds is 6. The summed E-state index contributed by atoms with van der Waals surface area (Å²) in [5, 5.41) is 2.84. The molecular formula is C13H19N3O2. The Morgan fingerprint density at radius 1 is 1.50 bits per heavy atom. The third-order valence-electron chi connectivity index (χ3n) is 2.58. The number of aromatic amines is 1. The van der Waals surface area contributed by atoms with Crippen molar-refractivity contribution < 1.29 is 9.59 Å². The minimum Gasteiger partial charge on any atom is -0.347 e. The molecule has 5 heteroatoms. The van der Waals surface area contributed by atoms with Gasteiger partial charge in [-0.25, -0.2) is 4.98 Å². The average Bonchev–Trinajstić information content (AvgIpc) is 2.78. The van der Waals surface area contributed by atoms with E-state index in [-0.39, 0.29) is 11.7 Å². The first kappa shape index (κ1) is 14.2. The summed E-state index contributed by atoms with van der Waals surface area (Å²) in [5.74, 6) is 0.111. The molecule has 0 bridgehead atoms. The summed E-state index contributed by atoms with van der Waals surface area (Å²) in [7, 11) is 0. The van der Waals surface area contributed by atoms with Crippen LogP contribution in [0.25, 0.3) is 0 Å². The maximum Gasteiger partial charge on any atom is 0.246 e. The van der Waals surface area contributed by atoms with E-state index in [4.69, 9.17) is 0 Å². The molecule has 18 heavy (non-hydrogen) atoms. The van der Waals surface area contributed by atoms with E-state index in [2.05, 4.69) is 21.9 Å². The number of amides is 1. The zero-order valence-corrected chi connectivity index (χ0v) is 11.0. The maximum absolute atomic E-state index is 11.7. The molecule has 5 nitrogen and oxygen atoms in total. The largest absolute Gasteiger partial charge is 0.347 e. The second kappa shape index (κ2) is 5.62. The summed E-state index contributed by atoms with van der Waals surface area (Å²) in [6.07, 6.45) is 4.03. The number of hydrogen-bond acceptors (Lipinski definition) is 3. The quantitative estimate of drug-likeness (QED) is 0.596. The third kappa shape index (κ3) is 4.16. The Morgan fingerprint density at radius 3 is 2.67 bits per heavy atom. The van der Waals surface area contributed by atoms with Crippen molar-refractivity contribution in [2.45, 2.75) is 39.2 Å². The predicted molar refractivity (Wildman–Crippen MR) is 69.2 cm³/mol. The van der Waals surface area contributed by atoms with E-state index in [1.54, 1.807) is 19.3 Å². The summed E-state index contributed by atoms with van der Waals surface area (Å²) < 4.78 is 0. The Morgan fingerprint density at radius 2 is 2.17 bits per heavy atom. The highest BCUT2D eigenvalue weighted by Crippen LogP contribution is 2.13. The second-order valence-corrected chi connectivity index (χ2v) is 4.98. The molecular weight excluding hydrogens is 230 g/mol. The topological polar surface area (TPSA) is 74.8 Å². The van der Waals surface area contributed by atoms with Gasteiger partial charge in [-0.05, 0) is 27.2 Å². The minimum atomic E-state index is -0.446. The van der Waals surface area contributed by atoms with E-state index in [0.717, 1.165) is 0 Å². The molecule has 98 valence electrons. The Balaban J connectivity index is 2.49. The summed E-state index contributed by atoms with van der Waals surface area (Å²) in [4.78, 5) is 29.9. The molecule has 0 fully saturated rings. The molecule has 0 aliphatic rings. The van der Waals surface area contributed by atoms with E-state index in [1.165, 1.54) is 0 Å². The number of aromatic nitrogens is 2. The fourth-order valence-electron chi connectivity index (χ4n) is 1.44. The van der Waals surface area contributed by atoms with Gasteiger partial charge in [0.15, 0.2) is 11.6 Å². The lowest BCUT2D eigenvalue weighted by molar-refractivity contribution is -0.119. The fourth-order valence-corrected chi connectivity index (χ4v) is 1.44. The molecule has 0 spiro atoms. The van der Waals surface area contributed by atoms with Gasteiger partial charge >= 0.3 is 0 Å². The van der Waals surface area contributed by atoms with Crippen LogP contribution in [0, 0.1) is 0 Å². The highest BCUT2D eigenvalue weighted by Gasteiger charge is 2.22. The summed E-state index contributed by atoms with van der Waals surface area (Å²) in [6.45, 7) is 8.99. The predicted octanol–water partition coefficient (Wildman–Crippen LogP) is 1.84. The first-order valence-electron chi connectivity index (χ1n) is 5.82. The first-order valence-corrected chi connectivity index (χ1v) is 5.82. The average molecular weight is 249 g/mol. The third-order valence-corrected chi connectivity index (χ3v) is 2.58. The summed E-state index contributed by atoms with van der Waals surface area (Å²) >= 11 is 0. The van der Waals surface area contributed by atoms with Crippen molar-refractivity contribution in [3.8, 4) is 0 Å². The number of carbonyl (C=O) groups excluding carboxylic acids is 2. The zero-order valence-electron chi connectivity index (χ0n) is 11.0. The standard InChI is InChI=1S/C13H19N3O2/c1-9(2)12(18)16-13(3,4)6-5-10(17)11-14-7-8-15-11/h7-8H,1,5-6H2,2-4H3,(H,14,15)(H,16,18). The van der Waals surface area contributed by atoms with Gasteiger partial charge in [0, 0.05) is 29.9 Å². The number of nitrogens with one attached hydrogen (secondary N) is 2. The molecule has 0 atom stereocenters. The zero-order chi connectivity index (χ0) is 13.8. The Bertz CT molecular complexity index is 447. The molecule has 1 aromatic rings. The van der Waals surface area contributed by atoms with Crippen LogP contribution in [0.4, 0.5) is 0 Å². The number of ketones is 1. The van der Waals surface area contributed by atoms with Gasteiger partial charge in [0.1, 0.15) is 0 Å². The molecule has 0 saturated carbocycles. The highest BCUT2D eigenvalue weighted by molar-refractivity contribution is 5.93. The molecule has 0 aliphatic heterocycles. The van der Waals surface area contributed by atoms with Gasteiger partial charge in [0.05, 0.1) is 0 Å². The van der Waals surface area contributed by atoms with Crippen LogP contribution >= 0.6 is 0 Å². The molecule has 2 N–H and O–H groups in total. The van der Waals surface area contributed by atoms with Gasteiger partial charge in [-0.3, -0.25) is 9.59 Å². The van der Waals surface area contributed by atoms with Crippen molar-refractivity contribution in [3.05, 3.63) is 30.4 Å². The van der Waals surface area contributed by atoms with Crippen LogP contribution in [0.1, 0.15) is 44.2 Å². The number of imidazole rings is 1. The normalized spacial score (nSPS) is 11.1. The lowest BCUT2D eigenvalue weighted by Crippen LogP contribution is -2.43. The van der Waals surface area contributed by atoms with Crippen molar-refractivity contribution in [1.82, 2.24) is 15.3 Å². The molecule has 0 radical (unpaired) electrons. The second-order valence-electron chi connectivity index (χ2n) is 4.98. The molecule has 1 amide bonds. The number of H-pyrrole nitrogens is 1. The van der Waals surface area contributed by atoms with Crippen LogP contribution in [0.3, 0.4) is 0 Å². The molecule has 0 aliphatic carbocycles. The Labute approximate surface area is 107 Å². The minimum absolute atomic E-state index is 0.0577. The number of hydrogen-bond donors (Lipinski definition) is 2. The first-order chi connectivity index (χ1) is 8.32. The van der Waals surface area contributed by atoms with Crippen LogP contribution in [-0.2, 0) is 4.79 Å². The Kier molecular flexibility index (Phi) is 4.42. The molecule has 1 heterocycles. The van der Waals surface area contributed by atoms with Crippen LogP contribution in [0.5, 0.6) is 0 Å². The van der Waals surface area contributed by atoms with Crippen LogP contribution in [-0.4, -0.2) is 27.2 Å². The van der Waals surface area contributed by atoms with Gasteiger partial charge in [0.25, 0.3) is 0 Å². The van der Waals surface area contributed by atoms with Gasteiger partial charge in [-0.2, -0.15) is 0 Å². The summed E-state index contributed by atoms with van der Waals surface area (Å²) in [5.41, 5.74) is 0.0126. The number of Topliss-reactive ketones (excluding diaryl/α,β-unsaturated/α-hetero) is 1.